The van der Waals surface area contributed by atoms with Crippen molar-refractivity contribution in [2.45, 2.75) is 10.1 Å². The predicted molar refractivity (Wildman–Crippen MR) is 63.7 cm³/mol. The number of carbonyl (C=O) groups is 1. The van der Waals surface area contributed by atoms with Crippen molar-refractivity contribution < 1.29 is 4.79 Å². The lowest BCUT2D eigenvalue weighted by Gasteiger charge is -2.06. The minimum absolute atomic E-state index is 0.331. The van der Waals surface area contributed by atoms with Crippen molar-refractivity contribution in [2.75, 3.05) is 11.6 Å². The molecule has 0 saturated carbocycles. The number of anilines is 1. The zero-order valence-corrected chi connectivity index (χ0v) is 9.52. The fourth-order valence-electron chi connectivity index (χ4n) is 1.23. The predicted octanol–water partition coefficient (Wildman–Crippen LogP) is -0.176. The van der Waals surface area contributed by atoms with Gasteiger partial charge in [0.25, 0.3) is 0 Å². The second-order valence-corrected chi connectivity index (χ2v) is 4.25. The number of carbonyl (C=O) groups excluding carboxylic acids is 1. The van der Waals surface area contributed by atoms with Crippen LogP contribution in [0.25, 0.3) is 0 Å². The van der Waals surface area contributed by atoms with Gasteiger partial charge < -0.3 is 17.3 Å². The molecule has 88 valence electrons. The Labute approximate surface area is 101 Å². The number of rotatable bonds is 3. The zero-order valence-electron chi connectivity index (χ0n) is 8.70. The van der Waals surface area contributed by atoms with Gasteiger partial charge in [0.1, 0.15) is 6.33 Å². The summed E-state index contributed by atoms with van der Waals surface area (Å²) in [7, 11) is 0. The molecule has 7 nitrogen and oxygen atoms in total. The van der Waals surface area contributed by atoms with Gasteiger partial charge in [0.2, 0.25) is 11.1 Å². The van der Waals surface area contributed by atoms with Crippen molar-refractivity contribution in [1.29, 1.82) is 0 Å². The molecule has 0 fully saturated rings. The van der Waals surface area contributed by atoms with Crippen LogP contribution in [0.15, 0.2) is 34.6 Å². The molecule has 0 radical (unpaired) electrons. The van der Waals surface area contributed by atoms with Crippen LogP contribution in [0.1, 0.15) is 10.4 Å². The first-order valence-electron chi connectivity index (χ1n) is 4.60. The highest BCUT2D eigenvalue weighted by Crippen LogP contribution is 2.29. The lowest BCUT2D eigenvalue weighted by molar-refractivity contribution is 0.0997. The monoisotopic (exact) mass is 250 g/mol. The van der Waals surface area contributed by atoms with Crippen LogP contribution in [0.2, 0.25) is 0 Å². The summed E-state index contributed by atoms with van der Waals surface area (Å²) in [5, 5.41) is 7.89. The molecule has 0 spiro atoms. The highest BCUT2D eigenvalue weighted by Gasteiger charge is 2.12. The van der Waals surface area contributed by atoms with Crippen LogP contribution in [0, 0.1) is 0 Å². The van der Waals surface area contributed by atoms with Gasteiger partial charge in [-0.2, -0.15) is 0 Å². The van der Waals surface area contributed by atoms with Crippen LogP contribution in [0.4, 0.5) is 5.69 Å². The number of hydrogen-bond donors (Lipinski definition) is 3. The Bertz CT molecular complexity index is 566. The summed E-state index contributed by atoms with van der Waals surface area (Å²) in [4.78, 5) is 11.9. The fraction of sp³-hybridized carbons (Fsp3) is 0. The molecule has 1 aromatic carbocycles. The van der Waals surface area contributed by atoms with Crippen LogP contribution < -0.4 is 17.3 Å². The van der Waals surface area contributed by atoms with Crippen molar-refractivity contribution >= 4 is 23.4 Å². The SMILES string of the molecule is NC(=O)c1cc(N)ccc1Sc1nncn1N. The summed E-state index contributed by atoms with van der Waals surface area (Å²) in [6, 6.07) is 4.88. The molecule has 0 aliphatic heterocycles. The van der Waals surface area contributed by atoms with Gasteiger partial charge in [-0.1, -0.05) is 0 Å². The molecule has 2 aromatic rings. The van der Waals surface area contributed by atoms with E-state index in [1.165, 1.54) is 28.8 Å². The molecule has 1 aromatic heterocycles. The van der Waals surface area contributed by atoms with Crippen molar-refractivity contribution in [2.24, 2.45) is 5.73 Å². The van der Waals surface area contributed by atoms with E-state index in [0.29, 0.717) is 21.3 Å². The third-order valence-electron chi connectivity index (χ3n) is 2.01. The minimum Gasteiger partial charge on any atom is -0.399 e. The number of hydrogen-bond acceptors (Lipinski definition) is 6. The number of nitrogens with two attached hydrogens (primary N) is 3. The van der Waals surface area contributed by atoms with E-state index >= 15 is 0 Å². The average molecular weight is 250 g/mol. The zero-order chi connectivity index (χ0) is 12.4. The van der Waals surface area contributed by atoms with Crippen molar-refractivity contribution in [1.82, 2.24) is 14.9 Å². The largest absolute Gasteiger partial charge is 0.399 e. The molecule has 0 aliphatic rings. The Morgan fingerprint density at radius 3 is 2.76 bits per heavy atom. The Kier molecular flexibility index (Phi) is 2.88. The van der Waals surface area contributed by atoms with Crippen molar-refractivity contribution in [3.8, 4) is 0 Å². The maximum atomic E-state index is 11.3. The molecule has 8 heteroatoms. The Morgan fingerprint density at radius 2 is 2.18 bits per heavy atom. The number of primary amides is 1. The van der Waals surface area contributed by atoms with E-state index in [-0.39, 0.29) is 0 Å². The van der Waals surface area contributed by atoms with Gasteiger partial charge in [0.05, 0.1) is 5.56 Å². The molecule has 6 N–H and O–H groups in total. The number of aromatic nitrogens is 3. The van der Waals surface area contributed by atoms with Crippen LogP contribution in [0.3, 0.4) is 0 Å². The van der Waals surface area contributed by atoms with Crippen molar-refractivity contribution in [3.63, 3.8) is 0 Å². The summed E-state index contributed by atoms with van der Waals surface area (Å²) in [6.07, 6.45) is 1.36. The summed E-state index contributed by atoms with van der Waals surface area (Å²) in [5.74, 6) is 5.02. The molecule has 1 heterocycles. The Hall–Kier alpha value is -2.22. The number of benzene rings is 1. The minimum atomic E-state index is -0.553. The van der Waals surface area contributed by atoms with Gasteiger partial charge in [0.15, 0.2) is 0 Å². The number of nitrogen functional groups attached to an aromatic ring is 2. The number of amides is 1. The summed E-state index contributed by atoms with van der Waals surface area (Å²) < 4.78 is 1.26. The molecule has 2 rings (SSSR count). The second kappa shape index (κ2) is 4.34. The van der Waals surface area contributed by atoms with E-state index in [0.717, 1.165) is 0 Å². The lowest BCUT2D eigenvalue weighted by Crippen LogP contribution is -2.13. The van der Waals surface area contributed by atoms with Crippen LogP contribution in [-0.2, 0) is 0 Å². The van der Waals surface area contributed by atoms with E-state index in [2.05, 4.69) is 10.2 Å². The molecule has 0 saturated heterocycles. The average Bonchev–Trinajstić information content (AvgIpc) is 2.67. The maximum Gasteiger partial charge on any atom is 0.249 e. The molecule has 0 bridgehead atoms. The Morgan fingerprint density at radius 1 is 1.41 bits per heavy atom. The highest BCUT2D eigenvalue weighted by molar-refractivity contribution is 7.99. The lowest BCUT2D eigenvalue weighted by atomic mass is 10.2. The topological polar surface area (TPSA) is 126 Å². The third-order valence-corrected chi connectivity index (χ3v) is 3.06. The first-order chi connectivity index (χ1) is 8.08. The van der Waals surface area contributed by atoms with E-state index in [4.69, 9.17) is 17.3 Å². The normalized spacial score (nSPS) is 10.4. The van der Waals surface area contributed by atoms with Crippen molar-refractivity contribution in [3.05, 3.63) is 30.1 Å². The first-order valence-corrected chi connectivity index (χ1v) is 5.42. The molecule has 0 atom stereocenters. The van der Waals surface area contributed by atoms with E-state index < -0.39 is 5.91 Å². The maximum absolute atomic E-state index is 11.3. The smallest absolute Gasteiger partial charge is 0.249 e. The van der Waals surface area contributed by atoms with Gasteiger partial charge in [-0.15, -0.1) is 10.2 Å². The standard InChI is InChI=1S/C9H10N6OS/c10-5-1-2-7(6(3-5)8(11)16)17-9-14-13-4-15(9)12/h1-4H,10,12H2,(H2,11,16). The molecule has 0 aliphatic carbocycles. The van der Waals surface area contributed by atoms with E-state index in [1.54, 1.807) is 12.1 Å². The van der Waals surface area contributed by atoms with Gasteiger partial charge in [-0.05, 0) is 30.0 Å². The van der Waals surface area contributed by atoms with Gasteiger partial charge in [-0.3, -0.25) is 4.79 Å². The van der Waals surface area contributed by atoms with E-state index in [9.17, 15) is 4.79 Å². The summed E-state index contributed by atoms with van der Waals surface area (Å²) >= 11 is 1.19. The molecular formula is C9H10N6OS. The highest BCUT2D eigenvalue weighted by atomic mass is 32.2. The quantitative estimate of drug-likeness (QED) is 0.512. The fourth-order valence-corrected chi connectivity index (χ4v) is 2.08. The second-order valence-electron chi connectivity index (χ2n) is 3.24. The first kappa shape index (κ1) is 11.3. The number of nitrogens with zero attached hydrogens (tertiary/aromatic N) is 3. The molecule has 0 unspecified atom stereocenters. The summed E-state index contributed by atoms with van der Waals surface area (Å²) in [6.45, 7) is 0. The van der Waals surface area contributed by atoms with Crippen LogP contribution in [-0.4, -0.2) is 20.8 Å². The molecule has 1 amide bonds. The third kappa shape index (κ3) is 2.31. The summed E-state index contributed by atoms with van der Waals surface area (Å²) in [5.41, 5.74) is 11.7. The van der Waals surface area contributed by atoms with Crippen LogP contribution in [0.5, 0.6) is 0 Å². The molecule has 17 heavy (non-hydrogen) atoms. The van der Waals surface area contributed by atoms with Gasteiger partial charge in [-0.25, -0.2) is 4.68 Å². The van der Waals surface area contributed by atoms with Gasteiger partial charge >= 0.3 is 0 Å². The van der Waals surface area contributed by atoms with E-state index in [1.807, 2.05) is 0 Å². The molecular weight excluding hydrogens is 240 g/mol. The van der Waals surface area contributed by atoms with Crippen LogP contribution >= 0.6 is 11.8 Å². The van der Waals surface area contributed by atoms with Gasteiger partial charge in [0, 0.05) is 10.6 Å². The Balaban J connectivity index is 2.39.